The minimum absolute atomic E-state index is 0.00403. The zero-order valence-electron chi connectivity index (χ0n) is 18.8. The van der Waals surface area contributed by atoms with E-state index >= 15 is 0 Å². The number of amides is 1. The molecule has 174 valence electrons. The molecule has 1 N–H and O–H groups in total. The summed E-state index contributed by atoms with van der Waals surface area (Å²) >= 11 is 1.48. The van der Waals surface area contributed by atoms with Gasteiger partial charge in [-0.15, -0.1) is 0 Å². The van der Waals surface area contributed by atoms with Crippen molar-refractivity contribution in [1.82, 2.24) is 4.90 Å². The van der Waals surface area contributed by atoms with Crippen molar-refractivity contribution in [2.75, 3.05) is 47.9 Å². The first-order valence-corrected chi connectivity index (χ1v) is 13.9. The molecule has 2 fully saturated rings. The minimum Gasteiger partial charge on any atom is -0.368 e. The Morgan fingerprint density at radius 1 is 1.06 bits per heavy atom. The van der Waals surface area contributed by atoms with Gasteiger partial charge in [0, 0.05) is 48.4 Å². The van der Waals surface area contributed by atoms with E-state index in [9.17, 15) is 13.2 Å². The van der Waals surface area contributed by atoms with E-state index in [0.717, 1.165) is 23.9 Å². The van der Waals surface area contributed by atoms with Crippen molar-refractivity contribution in [3.8, 4) is 0 Å². The second kappa shape index (κ2) is 8.68. The number of nitrogens with one attached hydrogen (secondary N) is 1. The summed E-state index contributed by atoms with van der Waals surface area (Å²) in [5, 5.41) is 4.00. The van der Waals surface area contributed by atoms with Crippen molar-refractivity contribution in [3.63, 3.8) is 0 Å². The summed E-state index contributed by atoms with van der Waals surface area (Å²) in [5.74, 6) is 0.342. The average Bonchev–Trinajstić information content (AvgIpc) is 3.27. The maximum absolute atomic E-state index is 13.2. The van der Waals surface area contributed by atoms with Crippen LogP contribution >= 0.6 is 11.8 Å². The van der Waals surface area contributed by atoms with Gasteiger partial charge in [0.25, 0.3) is 5.91 Å². The number of hydrogen-bond acceptors (Lipinski definition) is 7. The van der Waals surface area contributed by atoms with Gasteiger partial charge < -0.3 is 15.1 Å². The largest absolute Gasteiger partial charge is 0.368 e. The van der Waals surface area contributed by atoms with Gasteiger partial charge in [-0.3, -0.25) is 9.79 Å². The highest BCUT2D eigenvalue weighted by Gasteiger charge is 2.42. The molecule has 7 nitrogen and oxygen atoms in total. The van der Waals surface area contributed by atoms with Gasteiger partial charge in [0.15, 0.2) is 15.0 Å². The predicted octanol–water partition coefficient (Wildman–Crippen LogP) is 2.95. The lowest BCUT2D eigenvalue weighted by Gasteiger charge is -2.37. The number of aliphatic imine (C=N–C) groups is 1. The van der Waals surface area contributed by atoms with Crippen LogP contribution in [0.2, 0.25) is 0 Å². The van der Waals surface area contributed by atoms with Gasteiger partial charge in [-0.1, -0.05) is 30.0 Å². The van der Waals surface area contributed by atoms with Gasteiger partial charge in [-0.2, -0.15) is 0 Å². The zero-order chi connectivity index (χ0) is 23.2. The van der Waals surface area contributed by atoms with Crippen LogP contribution in [0.25, 0.3) is 0 Å². The van der Waals surface area contributed by atoms with Gasteiger partial charge in [0.1, 0.15) is 0 Å². The van der Waals surface area contributed by atoms with E-state index in [1.54, 1.807) is 0 Å². The molecule has 3 aliphatic rings. The van der Waals surface area contributed by atoms with Gasteiger partial charge >= 0.3 is 0 Å². The monoisotopic (exact) mass is 484 g/mol. The standard InChI is InChI=1S/C24H28N4O3S2/c1-16-6-7-17(2)21(12-16)27-8-10-28(11-9-27)23(29)18-4-3-5-19(13-18)25-24-26-20-14-33(30,31)15-22(20)32-24/h3-7,12-13,20,22H,8-11,14-15H2,1-2H3,(H,25,26). The maximum atomic E-state index is 13.2. The molecular weight excluding hydrogens is 456 g/mol. The Morgan fingerprint density at radius 2 is 1.85 bits per heavy atom. The number of thioether (sulfide) groups is 1. The number of aryl methyl sites for hydroxylation is 2. The van der Waals surface area contributed by atoms with Crippen LogP contribution in [0.4, 0.5) is 11.4 Å². The Hall–Kier alpha value is -2.52. The van der Waals surface area contributed by atoms with Crippen LogP contribution in [0.1, 0.15) is 21.5 Å². The average molecular weight is 485 g/mol. The lowest BCUT2D eigenvalue weighted by molar-refractivity contribution is 0.0747. The number of rotatable bonds is 3. The fourth-order valence-corrected chi connectivity index (χ4v) is 8.34. The van der Waals surface area contributed by atoms with Crippen LogP contribution in [0.15, 0.2) is 47.5 Å². The Labute approximate surface area is 199 Å². The van der Waals surface area contributed by atoms with Crippen LogP contribution < -0.4 is 10.2 Å². The predicted molar refractivity (Wildman–Crippen MR) is 135 cm³/mol. The molecule has 1 amide bonds. The van der Waals surface area contributed by atoms with E-state index in [0.29, 0.717) is 18.7 Å². The molecule has 0 bridgehead atoms. The zero-order valence-corrected chi connectivity index (χ0v) is 20.5. The minimum atomic E-state index is -2.97. The number of benzene rings is 2. The van der Waals surface area contributed by atoms with Crippen molar-refractivity contribution in [2.24, 2.45) is 4.99 Å². The normalized spacial score (nSPS) is 23.9. The highest BCUT2D eigenvalue weighted by molar-refractivity contribution is 8.15. The van der Waals surface area contributed by atoms with Crippen LogP contribution in [-0.2, 0) is 9.84 Å². The molecule has 2 aromatic rings. The summed E-state index contributed by atoms with van der Waals surface area (Å²) in [6.07, 6.45) is 0. The van der Waals surface area contributed by atoms with Gasteiger partial charge in [-0.25, -0.2) is 8.42 Å². The Kier molecular flexibility index (Phi) is 5.86. The first kappa shape index (κ1) is 22.3. The molecule has 2 atom stereocenters. The first-order valence-electron chi connectivity index (χ1n) is 11.2. The third-order valence-electron chi connectivity index (χ3n) is 6.45. The second-order valence-corrected chi connectivity index (χ2v) is 12.4. The number of amidine groups is 1. The third kappa shape index (κ3) is 4.75. The number of hydrogen-bond donors (Lipinski definition) is 1. The van der Waals surface area contributed by atoms with Crippen LogP contribution in [-0.4, -0.2) is 73.4 Å². The number of nitrogens with zero attached hydrogens (tertiary/aromatic N) is 3. The van der Waals surface area contributed by atoms with E-state index in [-0.39, 0.29) is 28.7 Å². The molecule has 0 saturated carbocycles. The van der Waals surface area contributed by atoms with Crippen LogP contribution in [0.3, 0.4) is 0 Å². The van der Waals surface area contributed by atoms with Crippen molar-refractivity contribution in [1.29, 1.82) is 0 Å². The third-order valence-corrected chi connectivity index (χ3v) is 9.59. The van der Waals surface area contributed by atoms with Crippen LogP contribution in [0, 0.1) is 13.8 Å². The van der Waals surface area contributed by atoms with E-state index in [2.05, 4.69) is 47.3 Å². The summed E-state index contributed by atoms with van der Waals surface area (Å²) < 4.78 is 23.5. The quantitative estimate of drug-likeness (QED) is 0.722. The summed E-state index contributed by atoms with van der Waals surface area (Å²) in [6, 6.07) is 13.8. The smallest absolute Gasteiger partial charge is 0.254 e. The fourth-order valence-electron chi connectivity index (χ4n) is 4.66. The molecule has 9 heteroatoms. The van der Waals surface area contributed by atoms with Gasteiger partial charge in [0.05, 0.1) is 17.5 Å². The SMILES string of the molecule is Cc1ccc(C)c(N2CCN(C(=O)c3cccc(NC4=NC5CS(=O)(=O)CC5S4)c3)CC2)c1. The lowest BCUT2D eigenvalue weighted by Crippen LogP contribution is -2.49. The van der Waals surface area contributed by atoms with Crippen LogP contribution in [0.5, 0.6) is 0 Å². The molecule has 33 heavy (non-hydrogen) atoms. The van der Waals surface area contributed by atoms with Crippen molar-refractivity contribution >= 4 is 44.0 Å². The molecule has 0 aliphatic carbocycles. The molecule has 3 aliphatic heterocycles. The van der Waals surface area contributed by atoms with Gasteiger partial charge in [0.2, 0.25) is 0 Å². The number of anilines is 2. The molecule has 2 saturated heterocycles. The Balaban J connectivity index is 1.22. The first-order chi connectivity index (χ1) is 15.8. The summed E-state index contributed by atoms with van der Waals surface area (Å²) in [6.45, 7) is 7.23. The van der Waals surface area contributed by atoms with Crippen molar-refractivity contribution in [2.45, 2.75) is 25.1 Å². The number of carbonyl (C=O) groups is 1. The molecule has 2 unspecified atom stereocenters. The molecule has 0 radical (unpaired) electrons. The van der Waals surface area contributed by atoms with Gasteiger partial charge in [-0.05, 0) is 49.2 Å². The topological polar surface area (TPSA) is 82.1 Å². The van der Waals surface area contributed by atoms with E-state index < -0.39 is 9.84 Å². The number of sulfone groups is 1. The summed E-state index contributed by atoms with van der Waals surface area (Å²) in [7, 11) is -2.97. The highest BCUT2D eigenvalue weighted by Crippen LogP contribution is 2.34. The van der Waals surface area contributed by atoms with E-state index in [1.165, 1.54) is 28.6 Å². The summed E-state index contributed by atoms with van der Waals surface area (Å²) in [4.78, 5) is 22.0. The fraction of sp³-hybridized carbons (Fsp3) is 0.417. The van der Waals surface area contributed by atoms with E-state index in [4.69, 9.17) is 0 Å². The van der Waals surface area contributed by atoms with E-state index in [1.807, 2.05) is 29.2 Å². The second-order valence-electron chi connectivity index (χ2n) is 9.01. The molecule has 2 aromatic carbocycles. The lowest BCUT2D eigenvalue weighted by atomic mass is 10.1. The molecule has 0 aromatic heterocycles. The number of piperazine rings is 1. The Bertz CT molecular complexity index is 1220. The summed E-state index contributed by atoms with van der Waals surface area (Å²) in [5.41, 5.74) is 5.19. The molecule has 3 heterocycles. The molecular formula is C24H28N4O3S2. The highest BCUT2D eigenvalue weighted by atomic mass is 32.2. The van der Waals surface area contributed by atoms with Crippen molar-refractivity contribution in [3.05, 3.63) is 59.2 Å². The molecule has 5 rings (SSSR count). The maximum Gasteiger partial charge on any atom is 0.254 e. The Morgan fingerprint density at radius 3 is 2.61 bits per heavy atom. The van der Waals surface area contributed by atoms with Crippen molar-refractivity contribution < 1.29 is 13.2 Å². The number of fused-ring (bicyclic) bond motifs is 1. The molecule has 0 spiro atoms. The number of carbonyl (C=O) groups excluding carboxylic acids is 1.